The average Bonchev–Trinajstić information content (AvgIpc) is 2.17. The van der Waals surface area contributed by atoms with Crippen molar-refractivity contribution in [3.05, 3.63) is 29.9 Å². The first-order chi connectivity index (χ1) is 5.75. The van der Waals surface area contributed by atoms with Crippen molar-refractivity contribution in [3.8, 4) is 6.07 Å². The smallest absolute Gasteiger partial charge is 0.171 e. The van der Waals surface area contributed by atoms with E-state index in [9.17, 15) is 0 Å². The lowest BCUT2D eigenvalue weighted by Crippen LogP contribution is -1.89. The SMILES string of the molecule is C/C(C#N)=C(/Cl)c1ncccn1. The van der Waals surface area contributed by atoms with Crippen LogP contribution in [0.5, 0.6) is 0 Å². The Kier molecular flexibility index (Phi) is 2.78. The highest BCUT2D eigenvalue weighted by atomic mass is 35.5. The molecule has 0 saturated heterocycles. The highest BCUT2D eigenvalue weighted by molar-refractivity contribution is 6.49. The maximum absolute atomic E-state index is 8.52. The molecular weight excluding hydrogens is 174 g/mol. The van der Waals surface area contributed by atoms with Gasteiger partial charge >= 0.3 is 0 Å². The van der Waals surface area contributed by atoms with Crippen molar-refractivity contribution in [1.82, 2.24) is 9.97 Å². The van der Waals surface area contributed by atoms with E-state index in [0.717, 1.165) is 0 Å². The van der Waals surface area contributed by atoms with E-state index in [2.05, 4.69) is 9.97 Å². The van der Waals surface area contributed by atoms with E-state index >= 15 is 0 Å². The zero-order valence-corrected chi connectivity index (χ0v) is 7.21. The Labute approximate surface area is 75.3 Å². The minimum absolute atomic E-state index is 0.304. The van der Waals surface area contributed by atoms with Gasteiger partial charge in [-0.25, -0.2) is 9.97 Å². The van der Waals surface area contributed by atoms with Crippen LogP contribution in [0.2, 0.25) is 0 Å². The molecule has 0 spiro atoms. The van der Waals surface area contributed by atoms with Gasteiger partial charge in [-0.3, -0.25) is 0 Å². The average molecular weight is 180 g/mol. The van der Waals surface area contributed by atoms with Crippen LogP contribution in [-0.4, -0.2) is 9.97 Å². The fourth-order valence-corrected chi connectivity index (χ4v) is 0.769. The third kappa shape index (κ3) is 1.80. The Morgan fingerprint density at radius 2 is 2.08 bits per heavy atom. The molecule has 0 fully saturated rings. The fraction of sp³-hybridized carbons (Fsp3) is 0.125. The summed E-state index contributed by atoms with van der Waals surface area (Å²) < 4.78 is 0. The quantitative estimate of drug-likeness (QED) is 0.620. The van der Waals surface area contributed by atoms with Crippen molar-refractivity contribution in [2.24, 2.45) is 0 Å². The Bertz CT molecular complexity index is 337. The highest BCUT2D eigenvalue weighted by Crippen LogP contribution is 2.17. The molecule has 0 aliphatic heterocycles. The minimum atomic E-state index is 0.304. The summed E-state index contributed by atoms with van der Waals surface area (Å²) in [6.07, 6.45) is 3.16. The van der Waals surface area contributed by atoms with Crippen molar-refractivity contribution in [1.29, 1.82) is 5.26 Å². The summed E-state index contributed by atoms with van der Waals surface area (Å²) in [6.45, 7) is 1.62. The molecule has 4 heteroatoms. The van der Waals surface area contributed by atoms with Gasteiger partial charge in [0.1, 0.15) is 0 Å². The zero-order valence-electron chi connectivity index (χ0n) is 6.45. The molecule has 0 aliphatic rings. The largest absolute Gasteiger partial charge is 0.236 e. The summed E-state index contributed by atoms with van der Waals surface area (Å²) in [4.78, 5) is 7.79. The predicted molar refractivity (Wildman–Crippen MR) is 46.1 cm³/mol. The van der Waals surface area contributed by atoms with Crippen molar-refractivity contribution in [3.63, 3.8) is 0 Å². The van der Waals surface area contributed by atoms with Gasteiger partial charge in [-0.15, -0.1) is 0 Å². The van der Waals surface area contributed by atoms with Gasteiger partial charge < -0.3 is 0 Å². The number of hydrogen-bond acceptors (Lipinski definition) is 3. The summed E-state index contributed by atoms with van der Waals surface area (Å²) in [5.41, 5.74) is 0.419. The maximum atomic E-state index is 8.52. The molecule has 60 valence electrons. The van der Waals surface area contributed by atoms with E-state index in [1.165, 1.54) is 0 Å². The van der Waals surface area contributed by atoms with Crippen LogP contribution in [0.15, 0.2) is 24.0 Å². The van der Waals surface area contributed by atoms with Crippen LogP contribution in [-0.2, 0) is 0 Å². The summed E-state index contributed by atoms with van der Waals surface area (Å²) in [6, 6.07) is 3.62. The van der Waals surface area contributed by atoms with Gasteiger partial charge in [0.05, 0.1) is 11.1 Å². The summed E-state index contributed by atoms with van der Waals surface area (Å²) in [5.74, 6) is 0.387. The number of aromatic nitrogens is 2. The van der Waals surface area contributed by atoms with Gasteiger partial charge in [0.2, 0.25) is 0 Å². The van der Waals surface area contributed by atoms with Gasteiger partial charge in [0, 0.05) is 18.0 Å². The molecule has 1 aromatic heterocycles. The summed E-state index contributed by atoms with van der Waals surface area (Å²) >= 11 is 5.79. The second-order valence-electron chi connectivity index (χ2n) is 2.12. The van der Waals surface area contributed by atoms with Crippen molar-refractivity contribution >= 4 is 16.6 Å². The fourth-order valence-electron chi connectivity index (χ4n) is 0.629. The molecule has 0 bridgehead atoms. The normalized spacial score (nSPS) is 11.8. The van der Waals surface area contributed by atoms with Crippen LogP contribution in [0.1, 0.15) is 12.7 Å². The molecule has 0 aromatic carbocycles. The molecular formula is C8H6ClN3. The van der Waals surface area contributed by atoms with E-state index in [4.69, 9.17) is 16.9 Å². The Morgan fingerprint density at radius 1 is 1.50 bits per heavy atom. The molecule has 1 aromatic rings. The Morgan fingerprint density at radius 3 is 2.58 bits per heavy atom. The second-order valence-corrected chi connectivity index (χ2v) is 2.50. The summed E-state index contributed by atoms with van der Waals surface area (Å²) in [7, 11) is 0. The molecule has 0 unspecified atom stereocenters. The molecule has 12 heavy (non-hydrogen) atoms. The second kappa shape index (κ2) is 3.84. The van der Waals surface area contributed by atoms with Gasteiger partial charge in [-0.1, -0.05) is 11.6 Å². The number of hydrogen-bond donors (Lipinski definition) is 0. The van der Waals surface area contributed by atoms with Gasteiger partial charge in [-0.05, 0) is 13.0 Å². The van der Waals surface area contributed by atoms with Crippen LogP contribution < -0.4 is 0 Å². The first-order valence-corrected chi connectivity index (χ1v) is 3.67. The Balaban J connectivity index is 3.11. The van der Waals surface area contributed by atoms with Gasteiger partial charge in [0.15, 0.2) is 5.82 Å². The molecule has 3 nitrogen and oxygen atoms in total. The van der Waals surface area contributed by atoms with E-state index in [1.54, 1.807) is 25.4 Å². The van der Waals surface area contributed by atoms with Crippen LogP contribution in [0.4, 0.5) is 0 Å². The molecule has 0 aliphatic carbocycles. The third-order valence-corrected chi connectivity index (χ3v) is 1.71. The first kappa shape index (κ1) is 8.69. The van der Waals surface area contributed by atoms with Gasteiger partial charge in [0.25, 0.3) is 0 Å². The van der Waals surface area contributed by atoms with E-state index in [1.807, 2.05) is 6.07 Å². The lowest BCUT2D eigenvalue weighted by molar-refractivity contribution is 1.12. The first-order valence-electron chi connectivity index (χ1n) is 3.29. The predicted octanol–water partition coefficient (Wildman–Crippen LogP) is 1.97. The van der Waals surface area contributed by atoms with Crippen molar-refractivity contribution < 1.29 is 0 Å². The van der Waals surface area contributed by atoms with E-state index in [0.29, 0.717) is 16.4 Å². The lowest BCUT2D eigenvalue weighted by atomic mass is 10.3. The molecule has 0 radical (unpaired) electrons. The highest BCUT2D eigenvalue weighted by Gasteiger charge is 2.03. The molecule has 0 saturated carbocycles. The van der Waals surface area contributed by atoms with Crippen molar-refractivity contribution in [2.45, 2.75) is 6.92 Å². The number of nitrogens with zero attached hydrogens (tertiary/aromatic N) is 3. The number of allylic oxidation sites excluding steroid dienone is 1. The zero-order chi connectivity index (χ0) is 8.97. The topological polar surface area (TPSA) is 49.6 Å². The number of rotatable bonds is 1. The van der Waals surface area contributed by atoms with Crippen LogP contribution >= 0.6 is 11.6 Å². The molecule has 0 atom stereocenters. The molecule has 1 rings (SSSR count). The Hall–Kier alpha value is -1.40. The molecule has 1 heterocycles. The van der Waals surface area contributed by atoms with E-state index in [-0.39, 0.29) is 0 Å². The number of nitriles is 1. The van der Waals surface area contributed by atoms with Crippen molar-refractivity contribution in [2.75, 3.05) is 0 Å². The lowest BCUT2D eigenvalue weighted by Gasteiger charge is -1.95. The maximum Gasteiger partial charge on any atom is 0.171 e. The van der Waals surface area contributed by atoms with Crippen LogP contribution in [0.3, 0.4) is 0 Å². The van der Waals surface area contributed by atoms with Crippen LogP contribution in [0, 0.1) is 11.3 Å². The summed E-state index contributed by atoms with van der Waals surface area (Å²) in [5, 5.41) is 8.82. The molecule has 0 amide bonds. The number of halogens is 1. The monoisotopic (exact) mass is 179 g/mol. The van der Waals surface area contributed by atoms with Gasteiger partial charge in [-0.2, -0.15) is 5.26 Å². The van der Waals surface area contributed by atoms with Crippen LogP contribution in [0.25, 0.3) is 5.03 Å². The van der Waals surface area contributed by atoms with E-state index < -0.39 is 0 Å². The minimum Gasteiger partial charge on any atom is -0.236 e. The standard InChI is InChI=1S/C8H6ClN3/c1-6(5-10)7(9)8-11-3-2-4-12-8/h2-4H,1H3/b7-6-. The molecule has 0 N–H and O–H groups in total. The third-order valence-electron chi connectivity index (χ3n) is 1.26.